The van der Waals surface area contributed by atoms with E-state index in [0.29, 0.717) is 31.7 Å². The van der Waals surface area contributed by atoms with Gasteiger partial charge in [-0.2, -0.15) is 0 Å². The van der Waals surface area contributed by atoms with E-state index in [9.17, 15) is 14.7 Å². The smallest absolute Gasteiger partial charge is 0.305 e. The maximum Gasteiger partial charge on any atom is 0.305 e. The van der Waals surface area contributed by atoms with Crippen LogP contribution in [-0.2, 0) is 16.1 Å². The molecule has 1 amide bonds. The first-order valence-electron chi connectivity index (χ1n) is 16.5. The summed E-state index contributed by atoms with van der Waals surface area (Å²) in [6, 6.07) is 26.4. The minimum absolute atomic E-state index is 0.0561. The van der Waals surface area contributed by atoms with Crippen molar-refractivity contribution in [1.82, 2.24) is 19.6 Å². The zero-order valence-electron chi connectivity index (χ0n) is 26.8. The number of phenolic OH excluding ortho intramolecular Hbond substituents is 1. The van der Waals surface area contributed by atoms with Crippen LogP contribution in [0.2, 0.25) is 0 Å². The molecular formula is C37H48N4O4. The van der Waals surface area contributed by atoms with Gasteiger partial charge in [0.05, 0.1) is 12.6 Å². The lowest BCUT2D eigenvalue weighted by molar-refractivity contribution is -0.143. The molecule has 240 valence electrons. The Labute approximate surface area is 268 Å². The second-order valence-corrected chi connectivity index (χ2v) is 12.3. The first-order chi connectivity index (χ1) is 21.9. The summed E-state index contributed by atoms with van der Waals surface area (Å²) in [6.45, 7) is 12.1. The van der Waals surface area contributed by atoms with E-state index in [1.54, 1.807) is 6.07 Å². The Morgan fingerprint density at radius 1 is 0.867 bits per heavy atom. The van der Waals surface area contributed by atoms with E-state index in [1.807, 2.05) is 36.1 Å². The lowest BCUT2D eigenvalue weighted by Crippen LogP contribution is -2.52. The highest BCUT2D eigenvalue weighted by Crippen LogP contribution is 2.34. The van der Waals surface area contributed by atoms with E-state index in [-0.39, 0.29) is 29.7 Å². The molecule has 2 fully saturated rings. The van der Waals surface area contributed by atoms with Crippen molar-refractivity contribution in [3.05, 3.63) is 101 Å². The van der Waals surface area contributed by atoms with E-state index in [1.165, 1.54) is 5.56 Å². The van der Waals surface area contributed by atoms with E-state index in [4.69, 9.17) is 4.74 Å². The zero-order chi connectivity index (χ0) is 31.6. The van der Waals surface area contributed by atoms with Gasteiger partial charge in [-0.05, 0) is 80.7 Å². The fourth-order valence-electron chi connectivity index (χ4n) is 6.79. The van der Waals surface area contributed by atoms with Gasteiger partial charge in [0.25, 0.3) is 5.91 Å². The van der Waals surface area contributed by atoms with Gasteiger partial charge in [-0.15, -0.1) is 0 Å². The maximum atomic E-state index is 13.8. The normalized spacial score (nSPS) is 19.2. The highest BCUT2D eigenvalue weighted by molar-refractivity contribution is 5.94. The topological polar surface area (TPSA) is 76.6 Å². The molecule has 8 nitrogen and oxygen atoms in total. The van der Waals surface area contributed by atoms with E-state index >= 15 is 0 Å². The third-order valence-electron chi connectivity index (χ3n) is 9.02. The Kier molecular flexibility index (Phi) is 11.6. The molecular weight excluding hydrogens is 564 g/mol. The molecule has 0 bridgehead atoms. The van der Waals surface area contributed by atoms with Crippen LogP contribution < -0.4 is 0 Å². The number of piperazine rings is 1. The van der Waals surface area contributed by atoms with Crippen LogP contribution in [0.3, 0.4) is 0 Å². The molecule has 8 heteroatoms. The van der Waals surface area contributed by atoms with Crippen LogP contribution in [0.4, 0.5) is 0 Å². The summed E-state index contributed by atoms with van der Waals surface area (Å²) in [5.41, 5.74) is 4.10. The summed E-state index contributed by atoms with van der Waals surface area (Å²) in [7, 11) is 0. The highest BCUT2D eigenvalue weighted by atomic mass is 16.5. The summed E-state index contributed by atoms with van der Waals surface area (Å²) in [4.78, 5) is 34.9. The third-order valence-corrected chi connectivity index (χ3v) is 9.02. The Bertz CT molecular complexity index is 1400. The van der Waals surface area contributed by atoms with Crippen LogP contribution in [0.5, 0.6) is 5.75 Å². The monoisotopic (exact) mass is 612 g/mol. The summed E-state index contributed by atoms with van der Waals surface area (Å²) >= 11 is 0. The molecule has 2 unspecified atom stereocenters. The fourth-order valence-corrected chi connectivity index (χ4v) is 6.79. The number of hydrogen-bond donors (Lipinski definition) is 1. The summed E-state index contributed by atoms with van der Waals surface area (Å²) in [5, 5.41) is 10.4. The van der Waals surface area contributed by atoms with Crippen LogP contribution >= 0.6 is 0 Å². The standard InChI is InChI=1S/C37H48N4O4/c1-3-45-35(43)17-9-18-38-19-10-20-40(23-21-38)37(44)33-15-7-13-31(25-33)36(32-14-8-16-34(42)26-32)41-24-22-39(27-29(41)2)28-30-11-5-4-6-12-30/h4-8,11-16,25-26,29,36,42H,3,9-10,17-24,27-28H2,1-2H3. The van der Waals surface area contributed by atoms with Crippen molar-refractivity contribution in [3.63, 3.8) is 0 Å². The molecule has 45 heavy (non-hydrogen) atoms. The quantitative estimate of drug-likeness (QED) is 0.299. The number of aromatic hydroxyl groups is 1. The summed E-state index contributed by atoms with van der Waals surface area (Å²) in [5.74, 6) is 0.161. The average Bonchev–Trinajstić information content (AvgIpc) is 3.28. The largest absolute Gasteiger partial charge is 0.508 e. The molecule has 2 heterocycles. The Hall–Kier alpha value is -3.72. The molecule has 3 aromatic rings. The predicted molar refractivity (Wildman–Crippen MR) is 177 cm³/mol. The molecule has 3 aromatic carbocycles. The van der Waals surface area contributed by atoms with Crippen LogP contribution in [-0.4, -0.2) is 102 Å². The van der Waals surface area contributed by atoms with Gasteiger partial charge in [-0.1, -0.05) is 54.6 Å². The molecule has 0 aliphatic carbocycles. The van der Waals surface area contributed by atoms with Crippen LogP contribution in [0.1, 0.15) is 66.2 Å². The highest BCUT2D eigenvalue weighted by Gasteiger charge is 2.32. The second-order valence-electron chi connectivity index (χ2n) is 12.3. The number of nitrogens with zero attached hydrogens (tertiary/aromatic N) is 4. The van der Waals surface area contributed by atoms with Crippen molar-refractivity contribution in [2.24, 2.45) is 0 Å². The van der Waals surface area contributed by atoms with Crippen molar-refractivity contribution in [2.75, 3.05) is 59.0 Å². The first kappa shape index (κ1) is 32.7. The average molecular weight is 613 g/mol. The number of amides is 1. The lowest BCUT2D eigenvalue weighted by atomic mass is 9.93. The Morgan fingerprint density at radius 2 is 1.62 bits per heavy atom. The van der Waals surface area contributed by atoms with Gasteiger partial charge < -0.3 is 19.6 Å². The van der Waals surface area contributed by atoms with E-state index < -0.39 is 0 Å². The first-order valence-corrected chi connectivity index (χ1v) is 16.5. The molecule has 2 saturated heterocycles. The van der Waals surface area contributed by atoms with Crippen molar-refractivity contribution >= 4 is 11.9 Å². The van der Waals surface area contributed by atoms with Crippen molar-refractivity contribution in [2.45, 2.75) is 51.7 Å². The molecule has 0 aromatic heterocycles. The molecule has 1 N–H and O–H groups in total. The second kappa shape index (κ2) is 16.0. The Morgan fingerprint density at radius 3 is 2.38 bits per heavy atom. The van der Waals surface area contributed by atoms with Gasteiger partial charge in [0.2, 0.25) is 0 Å². The molecule has 0 saturated carbocycles. The maximum absolute atomic E-state index is 13.8. The molecule has 2 aliphatic heterocycles. The van der Waals surface area contributed by atoms with E-state index in [2.05, 4.69) is 70.2 Å². The van der Waals surface area contributed by atoms with Crippen LogP contribution in [0.25, 0.3) is 0 Å². The van der Waals surface area contributed by atoms with Crippen LogP contribution in [0, 0.1) is 0 Å². The molecule has 5 rings (SSSR count). The van der Waals surface area contributed by atoms with Gasteiger partial charge in [0.15, 0.2) is 0 Å². The SMILES string of the molecule is CCOC(=O)CCCN1CCCN(C(=O)c2cccc(C(c3cccc(O)c3)N3CCN(Cc4ccccc4)CC3C)c2)CC1. The minimum atomic E-state index is -0.142. The molecule has 2 atom stereocenters. The summed E-state index contributed by atoms with van der Waals surface area (Å²) in [6.07, 6.45) is 2.10. The zero-order valence-corrected chi connectivity index (χ0v) is 26.8. The van der Waals surface area contributed by atoms with Crippen LogP contribution in [0.15, 0.2) is 78.9 Å². The van der Waals surface area contributed by atoms with Gasteiger partial charge in [0.1, 0.15) is 5.75 Å². The van der Waals surface area contributed by atoms with Gasteiger partial charge >= 0.3 is 5.97 Å². The number of rotatable bonds is 11. The van der Waals surface area contributed by atoms with Gasteiger partial charge in [0, 0.05) is 63.8 Å². The number of hydrogen-bond acceptors (Lipinski definition) is 7. The Balaban J connectivity index is 1.28. The molecule has 0 spiro atoms. The number of benzene rings is 3. The minimum Gasteiger partial charge on any atom is -0.508 e. The number of esters is 1. The number of phenols is 1. The summed E-state index contributed by atoms with van der Waals surface area (Å²) < 4.78 is 5.06. The lowest BCUT2D eigenvalue weighted by Gasteiger charge is -2.44. The third kappa shape index (κ3) is 8.93. The van der Waals surface area contributed by atoms with Crippen molar-refractivity contribution < 1.29 is 19.4 Å². The van der Waals surface area contributed by atoms with Gasteiger partial charge in [-0.25, -0.2) is 0 Å². The number of carbonyl (C=O) groups excluding carboxylic acids is 2. The fraction of sp³-hybridized carbons (Fsp3) is 0.459. The van der Waals surface area contributed by atoms with Crippen molar-refractivity contribution in [3.8, 4) is 5.75 Å². The molecule has 2 aliphatic rings. The van der Waals surface area contributed by atoms with E-state index in [0.717, 1.165) is 69.8 Å². The van der Waals surface area contributed by atoms with Gasteiger partial charge in [-0.3, -0.25) is 19.4 Å². The molecule has 0 radical (unpaired) electrons. The predicted octanol–water partition coefficient (Wildman–Crippen LogP) is 5.18. The number of carbonyl (C=O) groups is 2. The number of ether oxygens (including phenoxy) is 1. The van der Waals surface area contributed by atoms with Crippen molar-refractivity contribution in [1.29, 1.82) is 0 Å².